The fourth-order valence-corrected chi connectivity index (χ4v) is 4.49. The van der Waals surface area contributed by atoms with E-state index in [1.807, 2.05) is 0 Å². The summed E-state index contributed by atoms with van der Waals surface area (Å²) < 4.78 is 66.3. The first-order valence-electron chi connectivity index (χ1n) is 6.79. The number of aromatic nitrogens is 2. The van der Waals surface area contributed by atoms with Crippen LogP contribution in [0.2, 0.25) is 0 Å². The van der Waals surface area contributed by atoms with Crippen molar-refractivity contribution in [2.75, 3.05) is 0 Å². The zero-order valence-corrected chi connectivity index (χ0v) is 13.8. The Hall–Kier alpha value is -1.62. The van der Waals surface area contributed by atoms with Crippen LogP contribution in [0.5, 0.6) is 0 Å². The molecule has 1 unspecified atom stereocenters. The van der Waals surface area contributed by atoms with Gasteiger partial charge in [-0.3, -0.25) is 4.68 Å². The van der Waals surface area contributed by atoms with E-state index in [-0.39, 0.29) is 26.4 Å². The van der Waals surface area contributed by atoms with Gasteiger partial charge in [-0.2, -0.15) is 31.8 Å². The Balaban J connectivity index is 2.66. The molecule has 1 N–H and O–H groups in total. The molecule has 0 fully saturated rings. The topological polar surface area (TPSA) is 87.8 Å². The molecule has 0 aliphatic carbocycles. The maximum Gasteiger partial charge on any atom is 0.439 e. The van der Waals surface area contributed by atoms with Crippen LogP contribution in [0.1, 0.15) is 31.7 Å². The van der Waals surface area contributed by atoms with Crippen molar-refractivity contribution in [2.24, 2.45) is 5.10 Å². The molecule has 1 aliphatic heterocycles. The number of sulfonamides is 1. The quantitative estimate of drug-likeness (QED) is 0.892. The molecule has 2 rings (SSSR count). The minimum Gasteiger partial charge on any atom is -0.361 e. The summed E-state index contributed by atoms with van der Waals surface area (Å²) in [6, 6.07) is 0. The second-order valence-electron chi connectivity index (χ2n) is 5.39. The Bertz CT molecular complexity index is 769. The molecule has 11 heteroatoms. The highest BCUT2D eigenvalue weighted by Crippen LogP contribution is 2.43. The van der Waals surface area contributed by atoms with Crippen LogP contribution in [0.4, 0.5) is 13.2 Å². The van der Waals surface area contributed by atoms with Gasteiger partial charge in [0.2, 0.25) is 0 Å². The summed E-state index contributed by atoms with van der Waals surface area (Å²) in [7, 11) is -4.72. The average Bonchev–Trinajstić information content (AvgIpc) is 2.86. The van der Waals surface area contributed by atoms with Crippen LogP contribution in [-0.4, -0.2) is 45.3 Å². The highest BCUT2D eigenvalue weighted by Gasteiger charge is 2.64. The Morgan fingerprint density at radius 3 is 2.30 bits per heavy atom. The van der Waals surface area contributed by atoms with Crippen LogP contribution in [0.25, 0.3) is 0 Å². The zero-order chi connectivity index (χ0) is 17.8. The molecule has 0 aromatic carbocycles. The largest absolute Gasteiger partial charge is 0.439 e. The molecule has 1 atom stereocenters. The van der Waals surface area contributed by atoms with Crippen molar-refractivity contribution in [2.45, 2.75) is 57.5 Å². The van der Waals surface area contributed by atoms with Crippen LogP contribution < -0.4 is 0 Å². The minimum absolute atomic E-state index is 0.0497. The van der Waals surface area contributed by atoms with E-state index in [2.05, 4.69) is 10.2 Å². The number of nitrogens with zero attached hydrogens (tertiary/aromatic N) is 4. The van der Waals surface area contributed by atoms with Gasteiger partial charge in [-0.05, 0) is 27.7 Å². The molecular formula is C12H17F3N4O3S. The number of aliphatic hydroxyl groups is 1. The third-order valence-corrected chi connectivity index (χ3v) is 5.58. The van der Waals surface area contributed by atoms with E-state index in [4.69, 9.17) is 0 Å². The predicted molar refractivity (Wildman–Crippen MR) is 75.1 cm³/mol. The second-order valence-corrected chi connectivity index (χ2v) is 7.09. The number of aryl methyl sites for hydroxylation is 2. The normalized spacial score (nSPS) is 22.6. The molecule has 130 valence electrons. The summed E-state index contributed by atoms with van der Waals surface area (Å²) >= 11 is 0. The Morgan fingerprint density at radius 1 is 1.30 bits per heavy atom. The number of halogens is 3. The van der Waals surface area contributed by atoms with E-state index in [1.54, 1.807) is 6.92 Å². The summed E-state index contributed by atoms with van der Waals surface area (Å²) in [6.07, 6.45) is -6.13. The Labute approximate surface area is 131 Å². The van der Waals surface area contributed by atoms with Crippen molar-refractivity contribution in [1.29, 1.82) is 0 Å². The molecule has 1 aromatic rings. The van der Waals surface area contributed by atoms with Gasteiger partial charge < -0.3 is 5.11 Å². The predicted octanol–water partition coefficient (Wildman–Crippen LogP) is 1.54. The van der Waals surface area contributed by atoms with Crippen LogP contribution >= 0.6 is 0 Å². The van der Waals surface area contributed by atoms with Crippen molar-refractivity contribution in [3.8, 4) is 0 Å². The molecular weight excluding hydrogens is 337 g/mol. The van der Waals surface area contributed by atoms with Gasteiger partial charge in [-0.1, -0.05) is 0 Å². The number of rotatable bonds is 3. The maximum absolute atomic E-state index is 13.2. The molecule has 0 saturated heterocycles. The molecule has 23 heavy (non-hydrogen) atoms. The van der Waals surface area contributed by atoms with E-state index < -0.39 is 28.3 Å². The lowest BCUT2D eigenvalue weighted by atomic mass is 10.1. The van der Waals surface area contributed by atoms with Gasteiger partial charge in [0.1, 0.15) is 4.90 Å². The second kappa shape index (κ2) is 5.20. The van der Waals surface area contributed by atoms with Gasteiger partial charge in [0, 0.05) is 18.7 Å². The SMILES string of the molecule is CCn1nc(C)c(S(=O)(=O)N2N=C(C)CC2(O)C(F)(F)F)c1C. The van der Waals surface area contributed by atoms with E-state index in [9.17, 15) is 26.7 Å². The molecule has 0 saturated carbocycles. The van der Waals surface area contributed by atoms with Gasteiger partial charge in [0.15, 0.2) is 0 Å². The number of hydrazone groups is 1. The first kappa shape index (κ1) is 17.7. The molecule has 0 spiro atoms. The van der Waals surface area contributed by atoms with E-state index >= 15 is 0 Å². The van der Waals surface area contributed by atoms with E-state index in [0.717, 1.165) is 0 Å². The lowest BCUT2D eigenvalue weighted by molar-refractivity contribution is -0.291. The Kier molecular flexibility index (Phi) is 4.01. The highest BCUT2D eigenvalue weighted by atomic mass is 32.2. The number of alkyl halides is 3. The maximum atomic E-state index is 13.2. The molecule has 0 amide bonds. The number of hydrogen-bond acceptors (Lipinski definition) is 5. The van der Waals surface area contributed by atoms with Crippen molar-refractivity contribution < 1.29 is 26.7 Å². The Morgan fingerprint density at radius 2 is 1.87 bits per heavy atom. The van der Waals surface area contributed by atoms with Crippen LogP contribution in [-0.2, 0) is 16.6 Å². The lowest BCUT2D eigenvalue weighted by Gasteiger charge is -2.33. The van der Waals surface area contributed by atoms with Crippen LogP contribution in [0.15, 0.2) is 10.00 Å². The summed E-state index contributed by atoms with van der Waals surface area (Å²) in [6.45, 7) is 6.12. The highest BCUT2D eigenvalue weighted by molar-refractivity contribution is 7.89. The van der Waals surface area contributed by atoms with Crippen molar-refractivity contribution >= 4 is 15.7 Å². The molecule has 0 bridgehead atoms. The summed E-state index contributed by atoms with van der Waals surface area (Å²) in [5, 5.41) is 17.4. The van der Waals surface area contributed by atoms with Crippen LogP contribution in [0, 0.1) is 13.8 Å². The molecule has 1 aliphatic rings. The molecule has 7 nitrogen and oxygen atoms in total. The van der Waals surface area contributed by atoms with Crippen molar-refractivity contribution in [3.63, 3.8) is 0 Å². The third kappa shape index (κ3) is 2.51. The van der Waals surface area contributed by atoms with E-state index in [1.165, 1.54) is 25.5 Å². The van der Waals surface area contributed by atoms with Gasteiger partial charge >= 0.3 is 6.18 Å². The van der Waals surface area contributed by atoms with Crippen molar-refractivity contribution in [1.82, 2.24) is 14.2 Å². The molecule has 1 aromatic heterocycles. The summed E-state index contributed by atoms with van der Waals surface area (Å²) in [5.74, 6) is 0. The first-order valence-corrected chi connectivity index (χ1v) is 8.23. The van der Waals surface area contributed by atoms with Crippen molar-refractivity contribution in [3.05, 3.63) is 11.4 Å². The van der Waals surface area contributed by atoms with Gasteiger partial charge in [-0.15, -0.1) is 4.41 Å². The standard InChI is InChI=1S/C12H17F3N4O3S/c1-5-18-9(4)10(8(3)17-18)23(21,22)19-11(20,12(13,14)15)6-7(2)16-19/h20H,5-6H2,1-4H3. The first-order chi connectivity index (χ1) is 10.4. The summed E-state index contributed by atoms with van der Waals surface area (Å²) in [4.78, 5) is -0.375. The molecule has 0 radical (unpaired) electrons. The zero-order valence-electron chi connectivity index (χ0n) is 13.0. The fourth-order valence-electron chi connectivity index (χ4n) is 2.61. The lowest BCUT2D eigenvalue weighted by Crippen LogP contribution is -2.56. The monoisotopic (exact) mass is 354 g/mol. The third-order valence-electron chi connectivity index (χ3n) is 3.63. The van der Waals surface area contributed by atoms with Gasteiger partial charge in [0.05, 0.1) is 11.4 Å². The van der Waals surface area contributed by atoms with Gasteiger partial charge in [-0.25, -0.2) is 0 Å². The fraction of sp³-hybridized carbons (Fsp3) is 0.667. The minimum atomic E-state index is -5.19. The smallest absolute Gasteiger partial charge is 0.361 e. The molecule has 2 heterocycles. The number of hydrogen-bond donors (Lipinski definition) is 1. The van der Waals surface area contributed by atoms with E-state index in [0.29, 0.717) is 6.54 Å². The average molecular weight is 354 g/mol. The summed E-state index contributed by atoms with van der Waals surface area (Å²) in [5.41, 5.74) is -3.49. The van der Waals surface area contributed by atoms with Gasteiger partial charge in [0.25, 0.3) is 15.7 Å². The van der Waals surface area contributed by atoms with Crippen LogP contribution in [0.3, 0.4) is 0 Å².